The van der Waals surface area contributed by atoms with E-state index in [0.717, 1.165) is 24.4 Å². The molecule has 3 rings (SSSR count). The van der Waals surface area contributed by atoms with E-state index in [1.807, 2.05) is 18.2 Å². The lowest BCUT2D eigenvalue weighted by Crippen LogP contribution is -2.31. The topological polar surface area (TPSA) is 12.5 Å². The minimum Gasteiger partial charge on any atom is -0.496 e. The number of benzene rings is 2. The number of likely N-dealkylation sites (N-methyl/N-ethyl adjacent to an activating group) is 1. The van der Waals surface area contributed by atoms with Crippen molar-refractivity contribution in [2.24, 2.45) is 0 Å². The first-order valence-electron chi connectivity index (χ1n) is 6.89. The van der Waals surface area contributed by atoms with Crippen molar-refractivity contribution < 1.29 is 9.13 Å². The van der Waals surface area contributed by atoms with Gasteiger partial charge in [-0.1, -0.05) is 29.8 Å². The van der Waals surface area contributed by atoms with Gasteiger partial charge in [-0.2, -0.15) is 0 Å². The van der Waals surface area contributed by atoms with Crippen LogP contribution in [-0.4, -0.2) is 25.6 Å². The van der Waals surface area contributed by atoms with Gasteiger partial charge in [0.1, 0.15) is 11.6 Å². The highest BCUT2D eigenvalue weighted by Gasteiger charge is 2.27. The second-order valence-corrected chi connectivity index (χ2v) is 5.86. The predicted molar refractivity (Wildman–Crippen MR) is 82.6 cm³/mol. The molecule has 1 unspecified atom stereocenters. The Morgan fingerprint density at radius 1 is 1.29 bits per heavy atom. The molecule has 21 heavy (non-hydrogen) atoms. The van der Waals surface area contributed by atoms with Gasteiger partial charge in [-0.3, -0.25) is 0 Å². The molecule has 0 aromatic heterocycles. The predicted octanol–water partition coefficient (Wildman–Crippen LogP) is 4.07. The zero-order chi connectivity index (χ0) is 15.0. The molecular formula is C17H17ClFNO. The molecule has 1 aliphatic heterocycles. The molecule has 2 nitrogen and oxygen atoms in total. The average molecular weight is 306 g/mol. The van der Waals surface area contributed by atoms with Gasteiger partial charge >= 0.3 is 0 Å². The van der Waals surface area contributed by atoms with Gasteiger partial charge < -0.3 is 9.64 Å². The Balaban J connectivity index is 2.10. The molecule has 0 aliphatic carbocycles. The zero-order valence-electron chi connectivity index (χ0n) is 12.1. The third-order valence-electron chi connectivity index (χ3n) is 4.03. The van der Waals surface area contributed by atoms with Crippen LogP contribution in [0.1, 0.15) is 22.6 Å². The molecule has 0 bridgehead atoms. The summed E-state index contributed by atoms with van der Waals surface area (Å²) in [5, 5.41) is 0.171. The summed E-state index contributed by atoms with van der Waals surface area (Å²) in [6.07, 6.45) is 0. The molecule has 110 valence electrons. The number of ether oxygens (including phenoxy) is 1. The van der Waals surface area contributed by atoms with E-state index in [9.17, 15) is 4.39 Å². The summed E-state index contributed by atoms with van der Waals surface area (Å²) in [5.74, 6) is 0.694. The normalized spacial score (nSPS) is 18.4. The maximum atomic E-state index is 13.4. The second-order valence-electron chi connectivity index (χ2n) is 5.45. The number of rotatable bonds is 2. The van der Waals surface area contributed by atoms with E-state index in [1.54, 1.807) is 13.2 Å². The van der Waals surface area contributed by atoms with Gasteiger partial charge in [0.25, 0.3) is 0 Å². The fourth-order valence-corrected chi connectivity index (χ4v) is 3.22. The van der Waals surface area contributed by atoms with Crippen LogP contribution in [0.2, 0.25) is 5.02 Å². The van der Waals surface area contributed by atoms with Crippen LogP contribution < -0.4 is 4.74 Å². The number of halogens is 2. The van der Waals surface area contributed by atoms with Crippen molar-refractivity contribution in [2.45, 2.75) is 12.5 Å². The summed E-state index contributed by atoms with van der Waals surface area (Å²) >= 11 is 5.94. The fraction of sp³-hybridized carbons (Fsp3) is 0.294. The summed E-state index contributed by atoms with van der Waals surface area (Å²) < 4.78 is 18.9. The Kier molecular flexibility index (Phi) is 3.87. The Hall–Kier alpha value is -1.58. The first-order valence-corrected chi connectivity index (χ1v) is 7.27. The van der Waals surface area contributed by atoms with E-state index < -0.39 is 0 Å². The van der Waals surface area contributed by atoms with E-state index in [0.29, 0.717) is 0 Å². The molecule has 0 amide bonds. The van der Waals surface area contributed by atoms with Crippen molar-refractivity contribution in [2.75, 3.05) is 20.7 Å². The van der Waals surface area contributed by atoms with E-state index in [2.05, 4.69) is 18.0 Å². The summed E-state index contributed by atoms with van der Waals surface area (Å²) in [6, 6.07) is 11.1. The minimum absolute atomic E-state index is 0.171. The van der Waals surface area contributed by atoms with Crippen molar-refractivity contribution >= 4 is 11.6 Å². The number of fused-ring (bicyclic) bond motifs is 1. The van der Waals surface area contributed by atoms with Gasteiger partial charge in [0, 0.05) is 24.6 Å². The summed E-state index contributed by atoms with van der Waals surface area (Å²) in [6.45, 7) is 1.73. The lowest BCUT2D eigenvalue weighted by Gasteiger charge is -2.33. The summed E-state index contributed by atoms with van der Waals surface area (Å²) in [4.78, 5) is 2.24. The largest absolute Gasteiger partial charge is 0.496 e. The van der Waals surface area contributed by atoms with Crippen molar-refractivity contribution in [3.8, 4) is 5.75 Å². The van der Waals surface area contributed by atoms with E-state index in [-0.39, 0.29) is 16.8 Å². The van der Waals surface area contributed by atoms with Gasteiger partial charge in [-0.05, 0) is 36.4 Å². The molecule has 0 saturated carbocycles. The van der Waals surface area contributed by atoms with Crippen LogP contribution in [0.25, 0.3) is 0 Å². The molecule has 0 radical (unpaired) electrons. The number of hydrogen-bond acceptors (Lipinski definition) is 2. The molecule has 4 heteroatoms. The Labute approximate surface area is 129 Å². The Morgan fingerprint density at radius 3 is 2.81 bits per heavy atom. The van der Waals surface area contributed by atoms with Gasteiger partial charge in [-0.15, -0.1) is 0 Å². The zero-order valence-corrected chi connectivity index (χ0v) is 12.8. The van der Waals surface area contributed by atoms with Gasteiger partial charge in [0.05, 0.1) is 12.1 Å². The van der Waals surface area contributed by atoms with Crippen LogP contribution in [0.4, 0.5) is 4.39 Å². The lowest BCUT2D eigenvalue weighted by molar-refractivity contribution is 0.286. The molecule has 1 heterocycles. The van der Waals surface area contributed by atoms with Crippen molar-refractivity contribution in [3.63, 3.8) is 0 Å². The number of methoxy groups -OCH3 is 1. The molecule has 1 atom stereocenters. The Morgan fingerprint density at radius 2 is 2.10 bits per heavy atom. The summed E-state index contributed by atoms with van der Waals surface area (Å²) in [7, 11) is 3.77. The van der Waals surface area contributed by atoms with Crippen molar-refractivity contribution in [1.29, 1.82) is 0 Å². The quantitative estimate of drug-likeness (QED) is 0.829. The van der Waals surface area contributed by atoms with Gasteiger partial charge in [0.2, 0.25) is 0 Å². The summed E-state index contributed by atoms with van der Waals surface area (Å²) in [5.41, 5.74) is 3.46. The van der Waals surface area contributed by atoms with Crippen LogP contribution in [0.5, 0.6) is 5.75 Å². The fourth-order valence-electron chi connectivity index (χ4n) is 3.03. The van der Waals surface area contributed by atoms with Gasteiger partial charge in [-0.25, -0.2) is 4.39 Å². The van der Waals surface area contributed by atoms with Gasteiger partial charge in [0.15, 0.2) is 0 Å². The Bertz CT molecular complexity index is 674. The SMILES string of the molecule is COc1cccc2c1CN(C)CC2c1ccc(F)c(Cl)c1. The van der Waals surface area contributed by atoms with Crippen LogP contribution in [0.15, 0.2) is 36.4 Å². The van der Waals surface area contributed by atoms with Crippen LogP contribution in [0, 0.1) is 5.82 Å². The molecule has 0 spiro atoms. The molecule has 1 aliphatic rings. The van der Waals surface area contributed by atoms with E-state index in [4.69, 9.17) is 16.3 Å². The highest BCUT2D eigenvalue weighted by atomic mass is 35.5. The van der Waals surface area contributed by atoms with E-state index >= 15 is 0 Å². The first kappa shape index (κ1) is 14.4. The molecular weight excluding hydrogens is 289 g/mol. The van der Waals surface area contributed by atoms with Crippen LogP contribution in [-0.2, 0) is 6.54 Å². The average Bonchev–Trinajstić information content (AvgIpc) is 2.48. The molecule has 2 aromatic rings. The highest BCUT2D eigenvalue weighted by molar-refractivity contribution is 6.30. The lowest BCUT2D eigenvalue weighted by atomic mass is 9.84. The third-order valence-corrected chi connectivity index (χ3v) is 4.32. The van der Waals surface area contributed by atoms with E-state index in [1.165, 1.54) is 17.2 Å². The number of nitrogens with zero attached hydrogens (tertiary/aromatic N) is 1. The monoisotopic (exact) mass is 305 g/mol. The molecule has 0 fully saturated rings. The van der Waals surface area contributed by atoms with Crippen molar-refractivity contribution in [3.05, 3.63) is 63.9 Å². The maximum Gasteiger partial charge on any atom is 0.141 e. The second kappa shape index (κ2) is 5.66. The smallest absolute Gasteiger partial charge is 0.141 e. The van der Waals surface area contributed by atoms with Crippen LogP contribution >= 0.6 is 11.6 Å². The minimum atomic E-state index is -0.379. The van der Waals surface area contributed by atoms with Crippen molar-refractivity contribution in [1.82, 2.24) is 4.90 Å². The first-order chi connectivity index (χ1) is 10.1. The molecule has 0 saturated heterocycles. The number of hydrogen-bond donors (Lipinski definition) is 0. The highest BCUT2D eigenvalue weighted by Crippen LogP contribution is 2.38. The maximum absolute atomic E-state index is 13.4. The van der Waals surface area contributed by atoms with Crippen LogP contribution in [0.3, 0.4) is 0 Å². The third kappa shape index (κ3) is 2.63. The molecule has 0 N–H and O–H groups in total. The molecule has 2 aromatic carbocycles. The standard InChI is InChI=1S/C17H17ClFNO/c1-20-9-13(11-6-7-16(19)15(18)8-11)12-4-3-5-17(21-2)14(12)10-20/h3-8,13H,9-10H2,1-2H3.